The zero-order chi connectivity index (χ0) is 14.9. The van der Waals surface area contributed by atoms with Crippen LogP contribution in [0.25, 0.3) is 5.41 Å². The fourth-order valence-electron chi connectivity index (χ4n) is 5.91. The predicted octanol–water partition coefficient (Wildman–Crippen LogP) is 4.22. The molecule has 0 aromatic carbocycles. The maximum atomic E-state index is 11.1. The Morgan fingerprint density at radius 3 is 1.50 bits per heavy atom. The molecule has 22 heavy (non-hydrogen) atoms. The van der Waals surface area contributed by atoms with E-state index in [4.69, 9.17) is 0 Å². The number of hydrogen-bond acceptors (Lipinski definition) is 0. The van der Waals surface area contributed by atoms with Crippen molar-refractivity contribution in [2.24, 2.45) is 11.8 Å². The average molecular weight is 302 g/mol. The molecule has 0 spiro atoms. The quantitative estimate of drug-likeness (QED) is 0.495. The van der Waals surface area contributed by atoms with Crippen LogP contribution in [-0.4, -0.2) is 40.9 Å². The molecule has 2 heterocycles. The summed E-state index contributed by atoms with van der Waals surface area (Å²) in [5.41, 5.74) is 0. The van der Waals surface area contributed by atoms with E-state index in [1.165, 1.54) is 77.0 Å². The summed E-state index contributed by atoms with van der Waals surface area (Å²) in [5.74, 6) is 2.35. The van der Waals surface area contributed by atoms with E-state index in [1.807, 2.05) is 0 Å². The van der Waals surface area contributed by atoms with Crippen molar-refractivity contribution in [2.45, 2.75) is 89.1 Å². The van der Waals surface area contributed by atoms with Crippen molar-refractivity contribution in [1.29, 1.82) is 0 Å². The summed E-state index contributed by atoms with van der Waals surface area (Å²) in [7, 11) is 0. The first-order valence-electron chi connectivity index (χ1n) is 9.94. The molecule has 0 bridgehead atoms. The van der Waals surface area contributed by atoms with Gasteiger partial charge in [0.05, 0.1) is 0 Å². The van der Waals surface area contributed by atoms with E-state index in [0.29, 0.717) is 18.0 Å². The van der Waals surface area contributed by atoms with Crippen LogP contribution in [0.3, 0.4) is 0 Å². The molecular weight excluding hydrogens is 270 g/mol. The molecule has 2 saturated heterocycles. The molecule has 0 aromatic heterocycles. The molecule has 3 heteroatoms. The first-order chi connectivity index (χ1) is 10.8. The van der Waals surface area contributed by atoms with Gasteiger partial charge in [-0.25, -0.2) is 0 Å². The van der Waals surface area contributed by atoms with Crippen LogP contribution in [0.15, 0.2) is 0 Å². The second-order valence-electron chi connectivity index (χ2n) is 8.20. The summed E-state index contributed by atoms with van der Waals surface area (Å²) in [6.07, 6.45) is 16.2. The molecule has 4 fully saturated rings. The fraction of sp³-hybridized carbons (Fsp3) is 0.947. The summed E-state index contributed by atoms with van der Waals surface area (Å²) < 4.78 is 0. The van der Waals surface area contributed by atoms with Crippen LogP contribution in [0.1, 0.15) is 77.0 Å². The zero-order valence-electron chi connectivity index (χ0n) is 14.1. The van der Waals surface area contributed by atoms with Gasteiger partial charge in [0.2, 0.25) is 0 Å². The minimum absolute atomic E-state index is 0.631. The number of fused-ring (bicyclic) bond motifs is 2. The first kappa shape index (κ1) is 14.8. The fourth-order valence-corrected chi connectivity index (χ4v) is 5.91. The molecule has 4 unspecified atom stereocenters. The van der Waals surface area contributed by atoms with Gasteiger partial charge in [-0.05, 0) is 88.4 Å². The van der Waals surface area contributed by atoms with E-state index in [-0.39, 0.29) is 0 Å². The first-order valence-corrected chi connectivity index (χ1v) is 9.94. The Hall–Kier alpha value is -0.730. The number of guanidine groups is 1. The Labute approximate surface area is 135 Å². The lowest BCUT2D eigenvalue weighted by molar-refractivity contribution is 0.0719. The molecule has 4 rings (SSSR count). The monoisotopic (exact) mass is 302 g/mol. The highest BCUT2D eigenvalue weighted by Gasteiger charge is 2.35. The highest BCUT2D eigenvalue weighted by molar-refractivity contribution is 5.84. The van der Waals surface area contributed by atoms with Crippen molar-refractivity contribution in [3.63, 3.8) is 0 Å². The maximum Gasteiger partial charge on any atom is 0.0112 e. The van der Waals surface area contributed by atoms with Crippen LogP contribution in [0.5, 0.6) is 0 Å². The van der Waals surface area contributed by atoms with E-state index >= 15 is 0 Å². The minimum Gasteiger partial charge on any atom is -0.423 e. The van der Waals surface area contributed by atoms with Crippen LogP contribution in [0.2, 0.25) is 0 Å². The average Bonchev–Trinajstić information content (AvgIpc) is 2.60. The van der Waals surface area contributed by atoms with E-state index in [0.717, 1.165) is 24.9 Å². The van der Waals surface area contributed by atoms with Crippen LogP contribution < -0.4 is 0 Å². The van der Waals surface area contributed by atoms with Gasteiger partial charge >= 0.3 is 0 Å². The van der Waals surface area contributed by atoms with Gasteiger partial charge < -0.3 is 15.2 Å². The summed E-state index contributed by atoms with van der Waals surface area (Å²) >= 11 is 0. The minimum atomic E-state index is 0.631. The SMILES string of the molecule is [N-]=C(N1CCCC2CCCCC21)N1CCCC2CCCCC21. The normalized spacial score (nSPS) is 39.1. The molecule has 2 saturated carbocycles. The topological polar surface area (TPSA) is 28.8 Å². The van der Waals surface area contributed by atoms with Gasteiger partial charge in [0.25, 0.3) is 0 Å². The Morgan fingerprint density at radius 2 is 1.00 bits per heavy atom. The second kappa shape index (κ2) is 6.41. The Morgan fingerprint density at radius 1 is 0.591 bits per heavy atom. The third kappa shape index (κ3) is 2.65. The van der Waals surface area contributed by atoms with Gasteiger partial charge in [0, 0.05) is 5.96 Å². The van der Waals surface area contributed by atoms with Crippen molar-refractivity contribution >= 4 is 5.96 Å². The van der Waals surface area contributed by atoms with Gasteiger partial charge in [-0.15, -0.1) is 0 Å². The highest BCUT2D eigenvalue weighted by atomic mass is 15.4. The lowest BCUT2D eigenvalue weighted by atomic mass is 9.77. The lowest BCUT2D eigenvalue weighted by Gasteiger charge is -2.57. The molecule has 2 aliphatic heterocycles. The van der Waals surface area contributed by atoms with E-state index in [2.05, 4.69) is 9.80 Å². The Balaban J connectivity index is 1.49. The number of hydrogen-bond donors (Lipinski definition) is 0. The van der Waals surface area contributed by atoms with Crippen LogP contribution >= 0.6 is 0 Å². The number of likely N-dealkylation sites (tertiary alicyclic amines) is 2. The standard InChI is InChI=1S/C19H32N3/c20-19(21-13-5-9-15-7-1-3-11-17(15)21)22-14-6-10-16-8-2-4-12-18(16)22/h15-18H,1-14H2/q-1. The molecule has 0 radical (unpaired) electrons. The van der Waals surface area contributed by atoms with Crippen molar-refractivity contribution in [3.05, 3.63) is 5.41 Å². The van der Waals surface area contributed by atoms with Gasteiger partial charge in [0.15, 0.2) is 0 Å². The molecule has 3 nitrogen and oxygen atoms in total. The number of piperidine rings is 2. The van der Waals surface area contributed by atoms with Gasteiger partial charge in [-0.2, -0.15) is 0 Å². The van der Waals surface area contributed by atoms with Crippen LogP contribution in [0, 0.1) is 11.8 Å². The zero-order valence-corrected chi connectivity index (χ0v) is 14.1. The number of nitrogens with zero attached hydrogens (tertiary/aromatic N) is 3. The molecule has 0 N–H and O–H groups in total. The molecule has 4 atom stereocenters. The van der Waals surface area contributed by atoms with E-state index < -0.39 is 0 Å². The molecular formula is C19H32N3-. The molecule has 4 aliphatic rings. The summed E-state index contributed by atoms with van der Waals surface area (Å²) in [4.78, 5) is 4.84. The van der Waals surface area contributed by atoms with Crippen LogP contribution in [-0.2, 0) is 0 Å². The third-order valence-corrected chi connectivity index (χ3v) is 7.00. The highest BCUT2D eigenvalue weighted by Crippen LogP contribution is 2.39. The largest absolute Gasteiger partial charge is 0.423 e. The van der Waals surface area contributed by atoms with Gasteiger partial charge in [-0.3, -0.25) is 0 Å². The summed E-state index contributed by atoms with van der Waals surface area (Å²) in [6, 6.07) is 1.26. The van der Waals surface area contributed by atoms with Crippen LogP contribution in [0.4, 0.5) is 0 Å². The predicted molar refractivity (Wildman–Crippen MR) is 91.7 cm³/mol. The Bertz CT molecular complexity index is 367. The number of rotatable bonds is 0. The third-order valence-electron chi connectivity index (χ3n) is 7.00. The Kier molecular flexibility index (Phi) is 4.32. The summed E-state index contributed by atoms with van der Waals surface area (Å²) in [5, 5.41) is 11.1. The smallest absolute Gasteiger partial charge is 0.0112 e. The maximum absolute atomic E-state index is 11.1. The second-order valence-corrected chi connectivity index (χ2v) is 8.20. The molecule has 124 valence electrons. The molecule has 2 aliphatic carbocycles. The van der Waals surface area contributed by atoms with Crippen molar-refractivity contribution < 1.29 is 0 Å². The van der Waals surface area contributed by atoms with Crippen molar-refractivity contribution in [1.82, 2.24) is 9.80 Å². The van der Waals surface area contributed by atoms with Crippen molar-refractivity contribution in [2.75, 3.05) is 13.1 Å². The van der Waals surface area contributed by atoms with Gasteiger partial charge in [-0.1, -0.05) is 25.7 Å². The lowest BCUT2D eigenvalue weighted by Crippen LogP contribution is -2.59. The molecule has 0 aromatic rings. The molecule has 0 amide bonds. The van der Waals surface area contributed by atoms with Crippen molar-refractivity contribution in [3.8, 4) is 0 Å². The van der Waals surface area contributed by atoms with E-state index in [9.17, 15) is 5.41 Å². The van der Waals surface area contributed by atoms with Gasteiger partial charge in [0.1, 0.15) is 0 Å². The summed E-state index contributed by atoms with van der Waals surface area (Å²) in [6.45, 7) is 2.17. The van der Waals surface area contributed by atoms with E-state index in [1.54, 1.807) is 0 Å².